The number of anilines is 2. The van der Waals surface area contributed by atoms with Gasteiger partial charge in [0.1, 0.15) is 0 Å². The summed E-state index contributed by atoms with van der Waals surface area (Å²) in [4.78, 5) is 13.4. The minimum absolute atomic E-state index is 0.332. The van der Waals surface area contributed by atoms with Crippen molar-refractivity contribution in [2.75, 3.05) is 11.4 Å². The quantitative estimate of drug-likeness (QED) is 0.906. The standard InChI is InChI=1S/C17H19NO2/c1-4-18(14-8-5-12(2)6-9-14)16-11-13(3)7-10-15(16)17(19)20/h5-11H,4H2,1-3H3,(H,19,20). The number of aryl methyl sites for hydroxylation is 2. The second-order valence-corrected chi connectivity index (χ2v) is 4.91. The Morgan fingerprint density at radius 1 is 1.05 bits per heavy atom. The van der Waals surface area contributed by atoms with Crippen molar-refractivity contribution < 1.29 is 9.90 Å². The largest absolute Gasteiger partial charge is 0.478 e. The van der Waals surface area contributed by atoms with Crippen LogP contribution in [0.5, 0.6) is 0 Å². The van der Waals surface area contributed by atoms with Crippen LogP contribution in [0.4, 0.5) is 11.4 Å². The van der Waals surface area contributed by atoms with Gasteiger partial charge in [0.25, 0.3) is 0 Å². The van der Waals surface area contributed by atoms with Gasteiger partial charge in [-0.15, -0.1) is 0 Å². The molecule has 1 N–H and O–H groups in total. The van der Waals surface area contributed by atoms with E-state index in [1.165, 1.54) is 5.56 Å². The van der Waals surface area contributed by atoms with Crippen molar-refractivity contribution >= 4 is 17.3 Å². The van der Waals surface area contributed by atoms with Crippen LogP contribution in [-0.4, -0.2) is 17.6 Å². The number of rotatable bonds is 4. The molecule has 2 aromatic rings. The molecule has 0 amide bonds. The summed E-state index contributed by atoms with van der Waals surface area (Å²) >= 11 is 0. The molecule has 0 saturated heterocycles. The van der Waals surface area contributed by atoms with Gasteiger partial charge in [0.05, 0.1) is 11.3 Å². The molecule has 0 unspecified atom stereocenters. The van der Waals surface area contributed by atoms with Gasteiger partial charge < -0.3 is 10.0 Å². The number of benzene rings is 2. The lowest BCUT2D eigenvalue weighted by Crippen LogP contribution is -2.19. The Hall–Kier alpha value is -2.29. The highest BCUT2D eigenvalue weighted by atomic mass is 16.4. The zero-order valence-electron chi connectivity index (χ0n) is 12.1. The summed E-state index contributed by atoms with van der Waals surface area (Å²) in [7, 11) is 0. The summed E-state index contributed by atoms with van der Waals surface area (Å²) in [5, 5.41) is 9.37. The predicted octanol–water partition coefficient (Wildman–Crippen LogP) is 4.16. The first kappa shape index (κ1) is 14.1. The minimum Gasteiger partial charge on any atom is -0.478 e. The minimum atomic E-state index is -0.898. The molecule has 0 aliphatic carbocycles. The van der Waals surface area contributed by atoms with E-state index in [1.54, 1.807) is 6.07 Å². The zero-order valence-corrected chi connectivity index (χ0v) is 12.1. The Morgan fingerprint density at radius 2 is 1.65 bits per heavy atom. The second-order valence-electron chi connectivity index (χ2n) is 4.91. The smallest absolute Gasteiger partial charge is 0.337 e. The summed E-state index contributed by atoms with van der Waals surface area (Å²) in [6, 6.07) is 13.5. The van der Waals surface area contributed by atoms with Gasteiger partial charge in [0, 0.05) is 12.2 Å². The van der Waals surface area contributed by atoms with Crippen molar-refractivity contribution in [2.24, 2.45) is 0 Å². The first-order chi connectivity index (χ1) is 9.52. The van der Waals surface area contributed by atoms with Crippen LogP contribution in [0, 0.1) is 13.8 Å². The SMILES string of the molecule is CCN(c1ccc(C)cc1)c1cc(C)ccc1C(=O)O. The maximum atomic E-state index is 11.4. The number of carbonyl (C=O) groups is 1. The average Bonchev–Trinajstić information content (AvgIpc) is 2.41. The van der Waals surface area contributed by atoms with Crippen molar-refractivity contribution in [1.82, 2.24) is 0 Å². The molecule has 0 aromatic heterocycles. The molecular weight excluding hydrogens is 250 g/mol. The second kappa shape index (κ2) is 5.78. The van der Waals surface area contributed by atoms with Crippen LogP contribution < -0.4 is 4.90 Å². The van der Waals surface area contributed by atoms with E-state index in [9.17, 15) is 9.90 Å². The molecule has 0 heterocycles. The molecule has 0 aliphatic heterocycles. The Bertz CT molecular complexity index is 617. The van der Waals surface area contributed by atoms with Gasteiger partial charge in [-0.2, -0.15) is 0 Å². The van der Waals surface area contributed by atoms with Crippen LogP contribution in [0.1, 0.15) is 28.4 Å². The molecular formula is C17H19NO2. The highest BCUT2D eigenvalue weighted by Gasteiger charge is 2.16. The molecule has 0 radical (unpaired) electrons. The van der Waals surface area contributed by atoms with Crippen molar-refractivity contribution in [3.8, 4) is 0 Å². The number of carboxylic acids is 1. The normalized spacial score (nSPS) is 10.3. The van der Waals surface area contributed by atoms with Gasteiger partial charge in [-0.3, -0.25) is 0 Å². The lowest BCUT2D eigenvalue weighted by Gasteiger charge is -2.25. The van der Waals surface area contributed by atoms with Gasteiger partial charge in [-0.05, 0) is 50.6 Å². The molecule has 0 atom stereocenters. The lowest BCUT2D eigenvalue weighted by atomic mass is 10.1. The van der Waals surface area contributed by atoms with Crippen molar-refractivity contribution in [2.45, 2.75) is 20.8 Å². The summed E-state index contributed by atoms with van der Waals surface area (Å²) < 4.78 is 0. The van der Waals surface area contributed by atoms with Gasteiger partial charge in [0.15, 0.2) is 0 Å². The number of aromatic carboxylic acids is 1. The molecule has 3 nitrogen and oxygen atoms in total. The van der Waals surface area contributed by atoms with E-state index in [4.69, 9.17) is 0 Å². The van der Waals surface area contributed by atoms with Crippen molar-refractivity contribution in [3.63, 3.8) is 0 Å². The number of hydrogen-bond donors (Lipinski definition) is 1. The Balaban J connectivity index is 2.53. The van der Waals surface area contributed by atoms with Crippen LogP contribution in [0.15, 0.2) is 42.5 Å². The number of hydrogen-bond acceptors (Lipinski definition) is 2. The predicted molar refractivity (Wildman–Crippen MR) is 82.0 cm³/mol. The van der Waals surface area contributed by atoms with E-state index in [2.05, 4.69) is 0 Å². The molecule has 3 heteroatoms. The number of nitrogens with zero attached hydrogens (tertiary/aromatic N) is 1. The molecule has 0 saturated carbocycles. The third kappa shape index (κ3) is 2.82. The number of carboxylic acid groups (broad SMARTS) is 1. The third-order valence-electron chi connectivity index (χ3n) is 3.34. The van der Waals surface area contributed by atoms with Gasteiger partial charge in [0.2, 0.25) is 0 Å². The summed E-state index contributed by atoms with van der Waals surface area (Å²) in [6.07, 6.45) is 0. The summed E-state index contributed by atoms with van der Waals surface area (Å²) in [6.45, 7) is 6.74. The first-order valence-corrected chi connectivity index (χ1v) is 6.71. The molecule has 2 rings (SSSR count). The van der Waals surface area contributed by atoms with Gasteiger partial charge in [-0.25, -0.2) is 4.79 Å². The molecule has 104 valence electrons. The van der Waals surface area contributed by atoms with Crippen LogP contribution in [0.25, 0.3) is 0 Å². The van der Waals surface area contributed by atoms with E-state index in [0.29, 0.717) is 12.1 Å². The molecule has 2 aromatic carbocycles. The van der Waals surface area contributed by atoms with E-state index in [-0.39, 0.29) is 0 Å². The first-order valence-electron chi connectivity index (χ1n) is 6.71. The fraction of sp³-hybridized carbons (Fsp3) is 0.235. The lowest BCUT2D eigenvalue weighted by molar-refractivity contribution is 0.0697. The zero-order chi connectivity index (χ0) is 14.7. The maximum Gasteiger partial charge on any atom is 0.337 e. The Kier molecular flexibility index (Phi) is 4.08. The monoisotopic (exact) mass is 269 g/mol. The molecule has 0 bridgehead atoms. The highest BCUT2D eigenvalue weighted by Crippen LogP contribution is 2.29. The highest BCUT2D eigenvalue weighted by molar-refractivity contribution is 5.95. The Labute approximate surface area is 119 Å². The van der Waals surface area contributed by atoms with Crippen molar-refractivity contribution in [1.29, 1.82) is 0 Å². The van der Waals surface area contributed by atoms with Crippen LogP contribution in [0.2, 0.25) is 0 Å². The molecule has 0 spiro atoms. The fourth-order valence-corrected chi connectivity index (χ4v) is 2.26. The van der Waals surface area contributed by atoms with Gasteiger partial charge in [-0.1, -0.05) is 23.8 Å². The van der Waals surface area contributed by atoms with Crippen molar-refractivity contribution in [3.05, 3.63) is 59.2 Å². The summed E-state index contributed by atoms with van der Waals surface area (Å²) in [5.74, 6) is -0.898. The van der Waals surface area contributed by atoms with E-state index in [0.717, 1.165) is 16.9 Å². The molecule has 20 heavy (non-hydrogen) atoms. The fourth-order valence-electron chi connectivity index (χ4n) is 2.26. The molecule has 0 fully saturated rings. The maximum absolute atomic E-state index is 11.4. The van der Waals surface area contributed by atoms with E-state index >= 15 is 0 Å². The molecule has 0 aliphatic rings. The summed E-state index contributed by atoms with van der Waals surface area (Å²) in [5.41, 5.74) is 4.32. The third-order valence-corrected chi connectivity index (χ3v) is 3.34. The van der Waals surface area contributed by atoms with Crippen LogP contribution in [-0.2, 0) is 0 Å². The Morgan fingerprint density at radius 3 is 2.20 bits per heavy atom. The van der Waals surface area contributed by atoms with E-state index < -0.39 is 5.97 Å². The van der Waals surface area contributed by atoms with Gasteiger partial charge >= 0.3 is 5.97 Å². The van der Waals surface area contributed by atoms with Crippen LogP contribution in [0.3, 0.4) is 0 Å². The average molecular weight is 269 g/mol. The van der Waals surface area contributed by atoms with E-state index in [1.807, 2.05) is 62.1 Å². The van der Waals surface area contributed by atoms with Crippen LogP contribution >= 0.6 is 0 Å². The topological polar surface area (TPSA) is 40.5 Å².